The predicted octanol–water partition coefficient (Wildman–Crippen LogP) is 0.885. The number of nitrogens with one attached hydrogen (secondary N) is 2. The minimum atomic E-state index is 0.822. The van der Waals surface area contributed by atoms with Crippen LogP contribution >= 0.6 is 0 Å². The summed E-state index contributed by atoms with van der Waals surface area (Å²) in [6.07, 6.45) is 3.12. The highest BCUT2D eigenvalue weighted by Crippen LogP contribution is 2.12. The molecule has 0 spiro atoms. The van der Waals surface area contributed by atoms with E-state index >= 15 is 0 Å². The number of rotatable bonds is 3. The fourth-order valence-corrected chi connectivity index (χ4v) is 1.52. The summed E-state index contributed by atoms with van der Waals surface area (Å²) in [5.41, 5.74) is 1.34. The summed E-state index contributed by atoms with van der Waals surface area (Å²) in [5, 5.41) is 6.28. The van der Waals surface area contributed by atoms with E-state index in [2.05, 4.69) is 21.7 Å². The molecule has 0 aliphatic carbocycles. The second kappa shape index (κ2) is 3.75. The lowest BCUT2D eigenvalue weighted by Gasteiger charge is -2.26. The molecule has 1 aromatic heterocycles. The first-order valence-corrected chi connectivity index (χ1v) is 4.72. The SMILES string of the molecule is CNc1ccc(CC2CNC2)cn1. The molecular weight excluding hydrogens is 162 g/mol. The molecule has 0 atom stereocenters. The Hall–Kier alpha value is -1.09. The van der Waals surface area contributed by atoms with Gasteiger partial charge in [0, 0.05) is 13.2 Å². The van der Waals surface area contributed by atoms with E-state index in [0.717, 1.165) is 31.2 Å². The molecule has 0 radical (unpaired) electrons. The van der Waals surface area contributed by atoms with Gasteiger partial charge in [0.1, 0.15) is 5.82 Å². The smallest absolute Gasteiger partial charge is 0.125 e. The minimum Gasteiger partial charge on any atom is -0.373 e. The summed E-state index contributed by atoms with van der Waals surface area (Å²) < 4.78 is 0. The van der Waals surface area contributed by atoms with Gasteiger partial charge in [-0.25, -0.2) is 4.98 Å². The van der Waals surface area contributed by atoms with Crippen molar-refractivity contribution in [1.29, 1.82) is 0 Å². The zero-order chi connectivity index (χ0) is 9.10. The number of aromatic nitrogens is 1. The fraction of sp³-hybridized carbons (Fsp3) is 0.500. The number of pyridine rings is 1. The lowest BCUT2D eigenvalue weighted by Crippen LogP contribution is -2.43. The van der Waals surface area contributed by atoms with Crippen molar-refractivity contribution in [3.8, 4) is 0 Å². The van der Waals surface area contributed by atoms with Gasteiger partial charge in [-0.15, -0.1) is 0 Å². The van der Waals surface area contributed by atoms with Crippen LogP contribution < -0.4 is 10.6 Å². The van der Waals surface area contributed by atoms with Gasteiger partial charge >= 0.3 is 0 Å². The van der Waals surface area contributed by atoms with Gasteiger partial charge in [0.2, 0.25) is 0 Å². The van der Waals surface area contributed by atoms with E-state index in [1.807, 2.05) is 19.3 Å². The molecule has 0 aromatic carbocycles. The highest BCUT2D eigenvalue weighted by atomic mass is 15.0. The Kier molecular flexibility index (Phi) is 2.45. The van der Waals surface area contributed by atoms with Crippen molar-refractivity contribution in [1.82, 2.24) is 10.3 Å². The quantitative estimate of drug-likeness (QED) is 0.720. The first-order chi connectivity index (χ1) is 6.38. The highest BCUT2D eigenvalue weighted by molar-refractivity contribution is 5.34. The molecule has 1 aromatic rings. The average Bonchev–Trinajstić information content (AvgIpc) is 2.12. The van der Waals surface area contributed by atoms with E-state index in [1.54, 1.807) is 0 Å². The predicted molar refractivity (Wildman–Crippen MR) is 53.8 cm³/mol. The number of hydrogen-bond acceptors (Lipinski definition) is 3. The molecule has 1 fully saturated rings. The van der Waals surface area contributed by atoms with Crippen molar-refractivity contribution in [2.24, 2.45) is 5.92 Å². The third kappa shape index (κ3) is 1.98. The number of nitrogens with zero attached hydrogens (tertiary/aromatic N) is 1. The maximum absolute atomic E-state index is 4.28. The van der Waals surface area contributed by atoms with Crippen molar-refractivity contribution in [2.45, 2.75) is 6.42 Å². The van der Waals surface area contributed by atoms with Crippen LogP contribution in [0.15, 0.2) is 18.3 Å². The van der Waals surface area contributed by atoms with Crippen LogP contribution in [0.2, 0.25) is 0 Å². The first kappa shape index (κ1) is 8.51. The normalized spacial score (nSPS) is 16.7. The van der Waals surface area contributed by atoms with Crippen molar-refractivity contribution in [3.63, 3.8) is 0 Å². The Bertz CT molecular complexity index is 264. The molecule has 0 saturated carbocycles. The van der Waals surface area contributed by atoms with E-state index in [9.17, 15) is 0 Å². The van der Waals surface area contributed by atoms with E-state index in [0.29, 0.717) is 0 Å². The maximum atomic E-state index is 4.28. The zero-order valence-electron chi connectivity index (χ0n) is 7.88. The van der Waals surface area contributed by atoms with Gasteiger partial charge in [0.25, 0.3) is 0 Å². The summed E-state index contributed by atoms with van der Waals surface area (Å²) in [5.74, 6) is 1.76. The van der Waals surface area contributed by atoms with E-state index < -0.39 is 0 Å². The first-order valence-electron chi connectivity index (χ1n) is 4.72. The molecule has 13 heavy (non-hydrogen) atoms. The largest absolute Gasteiger partial charge is 0.373 e. The average molecular weight is 177 g/mol. The van der Waals surface area contributed by atoms with Crippen molar-refractivity contribution < 1.29 is 0 Å². The Morgan fingerprint density at radius 1 is 1.54 bits per heavy atom. The summed E-state index contributed by atoms with van der Waals surface area (Å²) >= 11 is 0. The van der Waals surface area contributed by atoms with Crippen LogP contribution in [0.25, 0.3) is 0 Å². The molecule has 0 bridgehead atoms. The Morgan fingerprint density at radius 2 is 2.38 bits per heavy atom. The maximum Gasteiger partial charge on any atom is 0.125 e. The van der Waals surface area contributed by atoms with Crippen LogP contribution in [0.1, 0.15) is 5.56 Å². The molecule has 3 heteroatoms. The van der Waals surface area contributed by atoms with Crippen LogP contribution in [0, 0.1) is 5.92 Å². The molecule has 2 rings (SSSR count). The molecule has 3 nitrogen and oxygen atoms in total. The standard InChI is InChI=1S/C10H15N3/c1-11-10-3-2-8(7-13-10)4-9-5-12-6-9/h2-3,7,9,12H,4-6H2,1H3,(H,11,13). The second-order valence-electron chi connectivity index (χ2n) is 3.53. The lowest BCUT2D eigenvalue weighted by molar-refractivity contribution is 0.346. The zero-order valence-corrected chi connectivity index (χ0v) is 7.88. The molecule has 1 aliphatic rings. The van der Waals surface area contributed by atoms with E-state index in [1.165, 1.54) is 5.56 Å². The van der Waals surface area contributed by atoms with Crippen molar-refractivity contribution >= 4 is 5.82 Å². The Balaban J connectivity index is 1.96. The van der Waals surface area contributed by atoms with Crippen LogP contribution in [0.4, 0.5) is 5.82 Å². The molecular formula is C10H15N3. The topological polar surface area (TPSA) is 37.0 Å². The van der Waals surface area contributed by atoms with Gasteiger partial charge in [0.05, 0.1) is 0 Å². The Morgan fingerprint density at radius 3 is 2.85 bits per heavy atom. The molecule has 1 saturated heterocycles. The molecule has 2 heterocycles. The molecule has 2 N–H and O–H groups in total. The summed E-state index contributed by atoms with van der Waals surface area (Å²) in [4.78, 5) is 4.28. The van der Waals surface area contributed by atoms with Gasteiger partial charge in [-0.2, -0.15) is 0 Å². The van der Waals surface area contributed by atoms with Gasteiger partial charge in [-0.05, 0) is 37.1 Å². The Labute approximate surface area is 78.6 Å². The van der Waals surface area contributed by atoms with Crippen LogP contribution in [-0.4, -0.2) is 25.1 Å². The van der Waals surface area contributed by atoms with Crippen LogP contribution in [0.3, 0.4) is 0 Å². The van der Waals surface area contributed by atoms with E-state index in [-0.39, 0.29) is 0 Å². The second-order valence-corrected chi connectivity index (χ2v) is 3.53. The fourth-order valence-electron chi connectivity index (χ4n) is 1.52. The molecule has 1 aliphatic heterocycles. The highest BCUT2D eigenvalue weighted by Gasteiger charge is 2.16. The number of hydrogen-bond donors (Lipinski definition) is 2. The summed E-state index contributed by atoms with van der Waals surface area (Å²) in [7, 11) is 1.89. The third-order valence-corrected chi connectivity index (χ3v) is 2.47. The molecule has 0 amide bonds. The van der Waals surface area contributed by atoms with Crippen LogP contribution in [0.5, 0.6) is 0 Å². The van der Waals surface area contributed by atoms with Crippen molar-refractivity contribution in [3.05, 3.63) is 23.9 Å². The van der Waals surface area contributed by atoms with Gasteiger partial charge in [-0.1, -0.05) is 6.07 Å². The van der Waals surface area contributed by atoms with Gasteiger partial charge < -0.3 is 10.6 Å². The molecule has 0 unspecified atom stereocenters. The summed E-state index contributed by atoms with van der Waals surface area (Å²) in [6.45, 7) is 2.32. The number of anilines is 1. The van der Waals surface area contributed by atoms with Crippen molar-refractivity contribution in [2.75, 3.05) is 25.5 Å². The minimum absolute atomic E-state index is 0.822. The van der Waals surface area contributed by atoms with Gasteiger partial charge in [-0.3, -0.25) is 0 Å². The third-order valence-electron chi connectivity index (χ3n) is 2.47. The lowest BCUT2D eigenvalue weighted by atomic mass is 9.95. The van der Waals surface area contributed by atoms with Crippen LogP contribution in [-0.2, 0) is 6.42 Å². The summed E-state index contributed by atoms with van der Waals surface area (Å²) in [6, 6.07) is 4.18. The monoisotopic (exact) mass is 177 g/mol. The molecule has 70 valence electrons. The van der Waals surface area contributed by atoms with E-state index in [4.69, 9.17) is 0 Å². The van der Waals surface area contributed by atoms with Gasteiger partial charge in [0.15, 0.2) is 0 Å².